The largest absolute Gasteiger partial charge is 0.496 e. The van der Waals surface area contributed by atoms with Crippen LogP contribution in [0.3, 0.4) is 0 Å². The van der Waals surface area contributed by atoms with Gasteiger partial charge in [0.25, 0.3) is 0 Å². The number of aliphatic imine (C=N–C) groups is 1. The number of hydrogen-bond donors (Lipinski definition) is 2. The fourth-order valence-corrected chi connectivity index (χ4v) is 2.82. The fourth-order valence-electron chi connectivity index (χ4n) is 2.82. The lowest BCUT2D eigenvalue weighted by Gasteiger charge is -2.26. The van der Waals surface area contributed by atoms with Crippen LogP contribution in [0.15, 0.2) is 29.3 Å². The number of ether oxygens (including phenoxy) is 2. The summed E-state index contributed by atoms with van der Waals surface area (Å²) < 4.78 is 10.8. The van der Waals surface area contributed by atoms with E-state index in [1.165, 1.54) is 0 Å². The molecule has 0 atom stereocenters. The Morgan fingerprint density at radius 1 is 1.25 bits per heavy atom. The van der Waals surface area contributed by atoms with Crippen molar-refractivity contribution in [3.8, 4) is 5.75 Å². The number of carbonyl (C=O) groups is 1. The summed E-state index contributed by atoms with van der Waals surface area (Å²) in [5, 5.41) is 6.45. The van der Waals surface area contributed by atoms with Crippen molar-refractivity contribution in [2.45, 2.75) is 13.0 Å². The number of carbonyl (C=O) groups excluding carboxylic acids is 1. The first-order valence-electron chi connectivity index (χ1n) is 9.74. The van der Waals surface area contributed by atoms with E-state index >= 15 is 0 Å². The van der Waals surface area contributed by atoms with Gasteiger partial charge in [-0.15, -0.1) is 0 Å². The van der Waals surface area contributed by atoms with Crippen LogP contribution in [-0.2, 0) is 16.1 Å². The second-order valence-electron chi connectivity index (χ2n) is 6.85. The van der Waals surface area contributed by atoms with Crippen LogP contribution in [0.4, 0.5) is 0 Å². The molecule has 156 valence electrons. The average Bonchev–Trinajstić information content (AvgIpc) is 2.73. The normalized spacial score (nSPS) is 15.2. The van der Waals surface area contributed by atoms with Gasteiger partial charge in [-0.1, -0.05) is 18.2 Å². The lowest BCUT2D eigenvalue weighted by molar-refractivity contribution is -0.127. The Bertz CT molecular complexity index is 630. The molecule has 1 fully saturated rings. The first kappa shape index (κ1) is 22.0. The molecule has 0 spiro atoms. The van der Waals surface area contributed by atoms with E-state index in [0.29, 0.717) is 12.5 Å². The van der Waals surface area contributed by atoms with Gasteiger partial charge in [-0.25, -0.2) is 4.99 Å². The monoisotopic (exact) mass is 391 g/mol. The highest BCUT2D eigenvalue weighted by molar-refractivity contribution is 5.86. The van der Waals surface area contributed by atoms with Crippen LogP contribution in [-0.4, -0.2) is 88.8 Å². The topological polar surface area (TPSA) is 78.4 Å². The van der Waals surface area contributed by atoms with E-state index in [-0.39, 0.29) is 12.5 Å². The number of guanidine groups is 1. The zero-order chi connectivity index (χ0) is 20.2. The molecule has 2 rings (SSSR count). The Hall–Kier alpha value is -2.32. The highest BCUT2D eigenvalue weighted by Gasteiger charge is 2.10. The number of amides is 1. The summed E-state index contributed by atoms with van der Waals surface area (Å²) in [5.41, 5.74) is 0.998. The second kappa shape index (κ2) is 12.2. The van der Waals surface area contributed by atoms with E-state index < -0.39 is 0 Å². The van der Waals surface area contributed by atoms with Gasteiger partial charge in [0.15, 0.2) is 5.96 Å². The summed E-state index contributed by atoms with van der Waals surface area (Å²) in [7, 11) is 5.14. The molecule has 1 aliphatic rings. The summed E-state index contributed by atoms with van der Waals surface area (Å²) in [4.78, 5) is 20.5. The van der Waals surface area contributed by atoms with Crippen LogP contribution in [0.1, 0.15) is 12.0 Å². The van der Waals surface area contributed by atoms with Gasteiger partial charge < -0.3 is 25.0 Å². The van der Waals surface area contributed by atoms with Gasteiger partial charge >= 0.3 is 0 Å². The maximum Gasteiger partial charge on any atom is 0.241 e. The van der Waals surface area contributed by atoms with Crippen LogP contribution in [0, 0.1) is 0 Å². The Balaban J connectivity index is 1.88. The number of benzene rings is 1. The molecule has 0 saturated carbocycles. The van der Waals surface area contributed by atoms with E-state index in [2.05, 4.69) is 20.5 Å². The minimum atomic E-state index is 0.000100. The maximum absolute atomic E-state index is 11.9. The summed E-state index contributed by atoms with van der Waals surface area (Å²) in [5.74, 6) is 1.44. The van der Waals surface area contributed by atoms with Crippen LogP contribution < -0.4 is 15.4 Å². The number of morpholine rings is 1. The van der Waals surface area contributed by atoms with E-state index in [4.69, 9.17) is 9.47 Å². The fraction of sp³-hybridized carbons (Fsp3) is 0.600. The zero-order valence-electron chi connectivity index (χ0n) is 17.2. The molecular formula is C20H33N5O3. The molecule has 0 unspecified atom stereocenters. The minimum absolute atomic E-state index is 0.000100. The van der Waals surface area contributed by atoms with Crippen molar-refractivity contribution < 1.29 is 14.3 Å². The highest BCUT2D eigenvalue weighted by Crippen LogP contribution is 2.17. The van der Waals surface area contributed by atoms with Gasteiger partial charge in [-0.05, 0) is 19.0 Å². The van der Waals surface area contributed by atoms with E-state index in [1.807, 2.05) is 24.3 Å². The highest BCUT2D eigenvalue weighted by atomic mass is 16.5. The Morgan fingerprint density at radius 2 is 2.00 bits per heavy atom. The van der Waals surface area contributed by atoms with E-state index in [0.717, 1.165) is 57.1 Å². The summed E-state index contributed by atoms with van der Waals surface area (Å²) >= 11 is 0. The van der Waals surface area contributed by atoms with Crippen molar-refractivity contribution in [2.24, 2.45) is 4.99 Å². The lowest BCUT2D eigenvalue weighted by atomic mass is 10.2. The molecule has 0 radical (unpaired) electrons. The minimum Gasteiger partial charge on any atom is -0.496 e. The van der Waals surface area contributed by atoms with Crippen molar-refractivity contribution in [2.75, 3.05) is 67.1 Å². The van der Waals surface area contributed by atoms with Crippen LogP contribution >= 0.6 is 0 Å². The molecule has 0 bridgehead atoms. The van der Waals surface area contributed by atoms with Crippen LogP contribution in [0.2, 0.25) is 0 Å². The van der Waals surface area contributed by atoms with Crippen molar-refractivity contribution >= 4 is 11.9 Å². The molecule has 1 aliphatic heterocycles. The smallest absolute Gasteiger partial charge is 0.241 e. The number of rotatable bonds is 9. The number of nitrogens with zero attached hydrogens (tertiary/aromatic N) is 3. The molecule has 1 amide bonds. The summed E-state index contributed by atoms with van der Waals surface area (Å²) in [6.45, 7) is 6.08. The third kappa shape index (κ3) is 7.74. The van der Waals surface area contributed by atoms with Gasteiger partial charge in [-0.3, -0.25) is 9.69 Å². The third-order valence-electron chi connectivity index (χ3n) is 4.55. The molecule has 1 aromatic rings. The standard InChI is InChI=1S/C20H33N5O3/c1-24(2)19(26)16-23-20(21-9-6-10-25-11-13-28-14-12-25)22-15-17-7-4-5-8-18(17)27-3/h4-5,7-8H,6,9-16H2,1-3H3,(H2,21,22,23). The second-order valence-corrected chi connectivity index (χ2v) is 6.85. The molecule has 1 heterocycles. The number of likely N-dealkylation sites (N-methyl/N-ethyl adjacent to an activating group) is 1. The van der Waals surface area contributed by atoms with Gasteiger partial charge in [0, 0.05) is 39.3 Å². The lowest BCUT2D eigenvalue weighted by Crippen LogP contribution is -2.44. The average molecular weight is 392 g/mol. The summed E-state index contributed by atoms with van der Waals surface area (Å²) in [6, 6.07) is 7.81. The molecule has 1 aromatic carbocycles. The Kier molecular flexibility index (Phi) is 9.57. The van der Waals surface area contributed by atoms with E-state index in [1.54, 1.807) is 26.1 Å². The third-order valence-corrected chi connectivity index (χ3v) is 4.55. The molecule has 1 saturated heterocycles. The SMILES string of the molecule is COc1ccccc1CN=C(NCCCN1CCOCC1)NCC(=O)N(C)C. The van der Waals surface area contributed by atoms with Crippen molar-refractivity contribution in [1.29, 1.82) is 0 Å². The predicted octanol–water partition coefficient (Wildman–Crippen LogP) is 0.541. The van der Waals surface area contributed by atoms with Crippen molar-refractivity contribution in [1.82, 2.24) is 20.4 Å². The number of methoxy groups -OCH3 is 1. The molecular weight excluding hydrogens is 358 g/mol. The van der Waals surface area contributed by atoms with Gasteiger partial charge in [0.05, 0.1) is 33.4 Å². The Morgan fingerprint density at radius 3 is 2.71 bits per heavy atom. The number of nitrogens with one attached hydrogen (secondary N) is 2. The van der Waals surface area contributed by atoms with Gasteiger partial charge in [-0.2, -0.15) is 0 Å². The van der Waals surface area contributed by atoms with Crippen LogP contribution in [0.25, 0.3) is 0 Å². The van der Waals surface area contributed by atoms with Gasteiger partial charge in [0.2, 0.25) is 5.91 Å². The molecule has 0 aromatic heterocycles. The van der Waals surface area contributed by atoms with Gasteiger partial charge in [0.1, 0.15) is 5.75 Å². The molecule has 8 heteroatoms. The molecule has 2 N–H and O–H groups in total. The summed E-state index contributed by atoms with van der Waals surface area (Å²) in [6.07, 6.45) is 0.997. The first-order chi connectivity index (χ1) is 13.6. The maximum atomic E-state index is 11.9. The number of hydrogen-bond acceptors (Lipinski definition) is 5. The molecule has 0 aliphatic carbocycles. The molecule has 8 nitrogen and oxygen atoms in total. The predicted molar refractivity (Wildman–Crippen MR) is 111 cm³/mol. The first-order valence-corrected chi connectivity index (χ1v) is 9.74. The quantitative estimate of drug-likeness (QED) is 0.363. The molecule has 28 heavy (non-hydrogen) atoms. The van der Waals surface area contributed by atoms with Crippen molar-refractivity contribution in [3.63, 3.8) is 0 Å². The van der Waals surface area contributed by atoms with Crippen molar-refractivity contribution in [3.05, 3.63) is 29.8 Å². The number of para-hydroxylation sites is 1. The van der Waals surface area contributed by atoms with E-state index in [9.17, 15) is 4.79 Å². The van der Waals surface area contributed by atoms with Crippen LogP contribution in [0.5, 0.6) is 5.75 Å². The Labute approximate surface area is 167 Å². The zero-order valence-corrected chi connectivity index (χ0v) is 17.2.